The van der Waals surface area contributed by atoms with Crippen molar-refractivity contribution >= 4 is 0 Å². The van der Waals surface area contributed by atoms with Crippen molar-refractivity contribution < 1.29 is 0 Å². The molecule has 1 nitrogen and oxygen atoms in total. The molecule has 0 aliphatic heterocycles. The summed E-state index contributed by atoms with van der Waals surface area (Å²) in [6.45, 7) is 0.847. The molecule has 1 atom stereocenters. The zero-order valence-electron chi connectivity index (χ0n) is 7.95. The quantitative estimate of drug-likeness (QED) is 0.746. The third kappa shape index (κ3) is 2.31. The third-order valence-electron chi connectivity index (χ3n) is 2.93. The number of nitrogens with two attached hydrogens (primary N) is 1. The average Bonchev–Trinajstić information content (AvgIpc) is 2.99. The van der Waals surface area contributed by atoms with E-state index >= 15 is 0 Å². The van der Waals surface area contributed by atoms with Gasteiger partial charge in [-0.3, -0.25) is 0 Å². The molecule has 0 bridgehead atoms. The molecule has 0 saturated heterocycles. The monoisotopic (exact) mass is 175 g/mol. The molecule has 1 aromatic rings. The maximum absolute atomic E-state index is 5.76. The van der Waals surface area contributed by atoms with E-state index in [1.807, 2.05) is 0 Å². The molecule has 70 valence electrons. The highest BCUT2D eigenvalue weighted by Gasteiger charge is 2.29. The van der Waals surface area contributed by atoms with Gasteiger partial charge in [0.2, 0.25) is 0 Å². The van der Waals surface area contributed by atoms with Crippen LogP contribution in [0.1, 0.15) is 18.4 Å². The number of rotatable bonds is 4. The molecule has 0 aromatic heterocycles. The summed E-state index contributed by atoms with van der Waals surface area (Å²) in [6.07, 6.45) is 3.96. The standard InChI is InChI=1S/C12H17N/c13-9-12(11-6-7-11)8-10-4-2-1-3-5-10/h1-5,11-12H,6-9,13H2. The second-order valence-corrected chi connectivity index (χ2v) is 4.02. The number of hydrogen-bond donors (Lipinski definition) is 1. The zero-order valence-corrected chi connectivity index (χ0v) is 7.95. The van der Waals surface area contributed by atoms with Crippen molar-refractivity contribution in [2.24, 2.45) is 17.6 Å². The van der Waals surface area contributed by atoms with Crippen LogP contribution in [0.4, 0.5) is 0 Å². The predicted molar refractivity (Wildman–Crippen MR) is 55.4 cm³/mol. The van der Waals surface area contributed by atoms with Gasteiger partial charge in [-0.2, -0.15) is 0 Å². The van der Waals surface area contributed by atoms with Gasteiger partial charge in [0.1, 0.15) is 0 Å². The Balaban J connectivity index is 1.95. The molecule has 1 unspecified atom stereocenters. The van der Waals surface area contributed by atoms with Crippen LogP contribution in [0.3, 0.4) is 0 Å². The second kappa shape index (κ2) is 3.93. The van der Waals surface area contributed by atoms with Gasteiger partial charge < -0.3 is 5.73 Å². The van der Waals surface area contributed by atoms with E-state index in [1.54, 1.807) is 0 Å². The van der Waals surface area contributed by atoms with Gasteiger partial charge in [-0.15, -0.1) is 0 Å². The second-order valence-electron chi connectivity index (χ2n) is 4.02. The van der Waals surface area contributed by atoms with Crippen LogP contribution in [0, 0.1) is 11.8 Å². The van der Waals surface area contributed by atoms with Crippen molar-refractivity contribution in [3.63, 3.8) is 0 Å². The van der Waals surface area contributed by atoms with Gasteiger partial charge in [-0.1, -0.05) is 30.3 Å². The van der Waals surface area contributed by atoms with Gasteiger partial charge >= 0.3 is 0 Å². The lowest BCUT2D eigenvalue weighted by Gasteiger charge is -2.13. The molecule has 2 rings (SSSR count). The summed E-state index contributed by atoms with van der Waals surface area (Å²) >= 11 is 0. The molecule has 1 fully saturated rings. The van der Waals surface area contributed by atoms with Crippen molar-refractivity contribution in [2.45, 2.75) is 19.3 Å². The molecule has 1 aliphatic rings. The van der Waals surface area contributed by atoms with Gasteiger partial charge in [0, 0.05) is 0 Å². The Kier molecular flexibility index (Phi) is 2.65. The molecular weight excluding hydrogens is 158 g/mol. The topological polar surface area (TPSA) is 26.0 Å². The van der Waals surface area contributed by atoms with Crippen molar-refractivity contribution in [1.82, 2.24) is 0 Å². The first kappa shape index (κ1) is 8.76. The normalized spacial score (nSPS) is 18.5. The average molecular weight is 175 g/mol. The fourth-order valence-electron chi connectivity index (χ4n) is 1.93. The van der Waals surface area contributed by atoms with Crippen LogP contribution in [0.15, 0.2) is 30.3 Å². The van der Waals surface area contributed by atoms with Crippen LogP contribution >= 0.6 is 0 Å². The Bertz CT molecular complexity index is 251. The van der Waals surface area contributed by atoms with E-state index in [0.717, 1.165) is 18.4 Å². The van der Waals surface area contributed by atoms with Crippen molar-refractivity contribution in [2.75, 3.05) is 6.54 Å². The van der Waals surface area contributed by atoms with Gasteiger partial charge in [-0.05, 0) is 43.2 Å². The van der Waals surface area contributed by atoms with Gasteiger partial charge in [0.25, 0.3) is 0 Å². The smallest absolute Gasteiger partial charge is 0.00430 e. The number of hydrogen-bond acceptors (Lipinski definition) is 1. The third-order valence-corrected chi connectivity index (χ3v) is 2.93. The summed E-state index contributed by atoms with van der Waals surface area (Å²) in [5.74, 6) is 1.65. The summed E-state index contributed by atoms with van der Waals surface area (Å²) in [6, 6.07) is 10.7. The molecule has 0 spiro atoms. The minimum Gasteiger partial charge on any atom is -0.330 e. The molecule has 0 amide bonds. The first-order valence-electron chi connectivity index (χ1n) is 5.14. The minimum atomic E-state index is 0.724. The molecule has 1 aliphatic carbocycles. The first-order chi connectivity index (χ1) is 6.40. The van der Waals surface area contributed by atoms with E-state index in [0.29, 0.717) is 0 Å². The fraction of sp³-hybridized carbons (Fsp3) is 0.500. The van der Waals surface area contributed by atoms with E-state index in [1.165, 1.54) is 24.8 Å². The van der Waals surface area contributed by atoms with Crippen LogP contribution in [-0.4, -0.2) is 6.54 Å². The Labute approximate surface area is 80.0 Å². The SMILES string of the molecule is NCC(Cc1ccccc1)C1CC1. The highest BCUT2D eigenvalue weighted by Crippen LogP contribution is 2.37. The Morgan fingerprint density at radius 1 is 1.23 bits per heavy atom. The molecular formula is C12H17N. The molecule has 1 heteroatoms. The van der Waals surface area contributed by atoms with E-state index in [4.69, 9.17) is 5.73 Å². The minimum absolute atomic E-state index is 0.724. The lowest BCUT2D eigenvalue weighted by molar-refractivity contribution is 0.471. The lowest BCUT2D eigenvalue weighted by Crippen LogP contribution is -2.18. The first-order valence-corrected chi connectivity index (χ1v) is 5.14. The Morgan fingerprint density at radius 3 is 2.46 bits per heavy atom. The Morgan fingerprint density at radius 2 is 1.92 bits per heavy atom. The van der Waals surface area contributed by atoms with E-state index in [-0.39, 0.29) is 0 Å². The molecule has 13 heavy (non-hydrogen) atoms. The maximum Gasteiger partial charge on any atom is -0.00430 e. The van der Waals surface area contributed by atoms with Gasteiger partial charge in [-0.25, -0.2) is 0 Å². The summed E-state index contributed by atoms with van der Waals surface area (Å²) < 4.78 is 0. The highest BCUT2D eigenvalue weighted by atomic mass is 14.6. The lowest BCUT2D eigenvalue weighted by atomic mass is 9.95. The van der Waals surface area contributed by atoms with Gasteiger partial charge in [0.15, 0.2) is 0 Å². The summed E-state index contributed by atoms with van der Waals surface area (Å²) in [5.41, 5.74) is 7.20. The van der Waals surface area contributed by atoms with Crippen LogP contribution < -0.4 is 5.73 Å². The number of benzene rings is 1. The highest BCUT2D eigenvalue weighted by molar-refractivity contribution is 5.15. The van der Waals surface area contributed by atoms with E-state index < -0.39 is 0 Å². The van der Waals surface area contributed by atoms with E-state index in [9.17, 15) is 0 Å². The molecule has 2 N–H and O–H groups in total. The van der Waals surface area contributed by atoms with Crippen molar-refractivity contribution in [1.29, 1.82) is 0 Å². The summed E-state index contributed by atoms with van der Waals surface area (Å²) in [7, 11) is 0. The largest absolute Gasteiger partial charge is 0.330 e. The zero-order chi connectivity index (χ0) is 9.10. The maximum atomic E-state index is 5.76. The predicted octanol–water partition coefficient (Wildman–Crippen LogP) is 2.21. The van der Waals surface area contributed by atoms with Crippen molar-refractivity contribution in [3.05, 3.63) is 35.9 Å². The van der Waals surface area contributed by atoms with Crippen LogP contribution in [-0.2, 0) is 6.42 Å². The summed E-state index contributed by atoms with van der Waals surface area (Å²) in [4.78, 5) is 0. The molecule has 1 aromatic carbocycles. The van der Waals surface area contributed by atoms with Crippen LogP contribution in [0.5, 0.6) is 0 Å². The summed E-state index contributed by atoms with van der Waals surface area (Å²) in [5, 5.41) is 0. The van der Waals surface area contributed by atoms with Gasteiger partial charge in [0.05, 0.1) is 0 Å². The van der Waals surface area contributed by atoms with Crippen LogP contribution in [0.2, 0.25) is 0 Å². The Hall–Kier alpha value is -0.820. The van der Waals surface area contributed by atoms with Crippen LogP contribution in [0.25, 0.3) is 0 Å². The molecule has 0 heterocycles. The molecule has 0 radical (unpaired) electrons. The van der Waals surface area contributed by atoms with Crippen molar-refractivity contribution in [3.8, 4) is 0 Å². The fourth-order valence-corrected chi connectivity index (χ4v) is 1.93. The molecule has 1 saturated carbocycles. The van der Waals surface area contributed by atoms with E-state index in [2.05, 4.69) is 30.3 Å².